The third-order valence-corrected chi connectivity index (χ3v) is 2.66. The molecule has 0 saturated carbocycles. The van der Waals surface area contributed by atoms with Crippen LogP contribution < -0.4 is 5.73 Å². The molecule has 1 aromatic carbocycles. The molecule has 0 aliphatic heterocycles. The Bertz CT molecular complexity index is 330. The highest BCUT2D eigenvalue weighted by atomic mass is 35.5. The van der Waals surface area contributed by atoms with Crippen molar-refractivity contribution in [2.45, 2.75) is 31.9 Å². The molecule has 3 nitrogen and oxygen atoms in total. The largest absolute Gasteiger partial charge is 0.506 e. The first-order valence-electron chi connectivity index (χ1n) is 4.98. The number of aliphatic hydroxyl groups is 1. The predicted octanol–water partition coefficient (Wildman–Crippen LogP) is 2.21. The fourth-order valence-corrected chi connectivity index (χ4v) is 1.62. The van der Waals surface area contributed by atoms with E-state index in [0.717, 1.165) is 12.0 Å². The molecule has 0 aromatic heterocycles. The summed E-state index contributed by atoms with van der Waals surface area (Å²) in [7, 11) is 0. The van der Waals surface area contributed by atoms with Gasteiger partial charge >= 0.3 is 0 Å². The number of phenolic OH excluding ortho intramolecular Hbond substituents is 1. The highest BCUT2D eigenvalue weighted by Crippen LogP contribution is 2.27. The van der Waals surface area contributed by atoms with Gasteiger partial charge in [-0.05, 0) is 24.1 Å². The summed E-state index contributed by atoms with van der Waals surface area (Å²) < 4.78 is 0. The van der Waals surface area contributed by atoms with Crippen LogP contribution >= 0.6 is 11.6 Å². The molecule has 15 heavy (non-hydrogen) atoms. The Morgan fingerprint density at radius 2 is 2.13 bits per heavy atom. The van der Waals surface area contributed by atoms with E-state index in [4.69, 9.17) is 17.3 Å². The number of aliphatic hydroxyl groups excluding tert-OH is 1. The van der Waals surface area contributed by atoms with Crippen molar-refractivity contribution in [2.75, 3.05) is 0 Å². The SMILES string of the molecule is CCC[C@@H](O)[C@@H](N)c1ccc(O)c(Cl)c1. The Kier molecular flexibility index (Phi) is 4.39. The highest BCUT2D eigenvalue weighted by Gasteiger charge is 2.16. The maximum Gasteiger partial charge on any atom is 0.134 e. The van der Waals surface area contributed by atoms with Crippen molar-refractivity contribution in [3.8, 4) is 5.75 Å². The Morgan fingerprint density at radius 1 is 1.47 bits per heavy atom. The molecule has 2 atom stereocenters. The highest BCUT2D eigenvalue weighted by molar-refractivity contribution is 6.32. The molecular formula is C11H16ClNO2. The minimum Gasteiger partial charge on any atom is -0.506 e. The van der Waals surface area contributed by atoms with E-state index in [-0.39, 0.29) is 10.8 Å². The minimum absolute atomic E-state index is 0.0256. The number of rotatable bonds is 4. The Hall–Kier alpha value is -0.770. The van der Waals surface area contributed by atoms with Crippen LogP contribution in [0.3, 0.4) is 0 Å². The van der Waals surface area contributed by atoms with Crippen LogP contribution in [-0.4, -0.2) is 16.3 Å². The van der Waals surface area contributed by atoms with Crippen LogP contribution in [0.5, 0.6) is 5.75 Å². The predicted molar refractivity (Wildman–Crippen MR) is 61.0 cm³/mol. The van der Waals surface area contributed by atoms with Crippen molar-refractivity contribution < 1.29 is 10.2 Å². The van der Waals surface area contributed by atoms with Gasteiger partial charge in [-0.15, -0.1) is 0 Å². The van der Waals surface area contributed by atoms with Gasteiger partial charge in [0.1, 0.15) is 5.75 Å². The van der Waals surface area contributed by atoms with Crippen molar-refractivity contribution >= 4 is 11.6 Å². The molecule has 0 unspecified atom stereocenters. The second kappa shape index (κ2) is 5.35. The van der Waals surface area contributed by atoms with Crippen LogP contribution in [0.1, 0.15) is 31.4 Å². The molecule has 0 radical (unpaired) electrons. The van der Waals surface area contributed by atoms with Crippen LogP contribution in [0.4, 0.5) is 0 Å². The molecular weight excluding hydrogens is 214 g/mol. The zero-order chi connectivity index (χ0) is 11.4. The van der Waals surface area contributed by atoms with Gasteiger partial charge < -0.3 is 15.9 Å². The summed E-state index contributed by atoms with van der Waals surface area (Å²) >= 11 is 5.75. The van der Waals surface area contributed by atoms with Gasteiger partial charge in [0.15, 0.2) is 0 Å². The first kappa shape index (κ1) is 12.3. The Balaban J connectivity index is 2.81. The normalized spacial score (nSPS) is 14.9. The Morgan fingerprint density at radius 3 is 2.67 bits per heavy atom. The first-order valence-corrected chi connectivity index (χ1v) is 5.36. The van der Waals surface area contributed by atoms with Gasteiger partial charge in [-0.1, -0.05) is 31.0 Å². The summed E-state index contributed by atoms with van der Waals surface area (Å²) in [6, 6.07) is 4.28. The topological polar surface area (TPSA) is 66.5 Å². The molecule has 0 saturated heterocycles. The molecule has 0 aliphatic carbocycles. The van der Waals surface area contributed by atoms with Gasteiger partial charge in [-0.2, -0.15) is 0 Å². The number of benzene rings is 1. The average molecular weight is 230 g/mol. The lowest BCUT2D eigenvalue weighted by molar-refractivity contribution is 0.134. The van der Waals surface area contributed by atoms with E-state index < -0.39 is 12.1 Å². The number of phenols is 1. The summed E-state index contributed by atoms with van der Waals surface area (Å²) in [5.74, 6) is 0.0256. The molecule has 84 valence electrons. The van der Waals surface area contributed by atoms with Gasteiger partial charge in [-0.25, -0.2) is 0 Å². The van der Waals surface area contributed by atoms with E-state index in [1.807, 2.05) is 6.92 Å². The van der Waals surface area contributed by atoms with Crippen LogP contribution in [0.15, 0.2) is 18.2 Å². The van der Waals surface area contributed by atoms with Gasteiger partial charge in [0.25, 0.3) is 0 Å². The second-order valence-corrected chi connectivity index (χ2v) is 4.00. The quantitative estimate of drug-likeness (QED) is 0.742. The smallest absolute Gasteiger partial charge is 0.134 e. The van der Waals surface area contributed by atoms with E-state index in [1.165, 1.54) is 6.07 Å². The number of nitrogens with two attached hydrogens (primary N) is 1. The average Bonchev–Trinajstić information content (AvgIpc) is 2.21. The summed E-state index contributed by atoms with van der Waals surface area (Å²) in [5.41, 5.74) is 6.59. The molecule has 4 N–H and O–H groups in total. The maximum absolute atomic E-state index is 9.70. The minimum atomic E-state index is -0.574. The molecule has 0 amide bonds. The molecule has 0 heterocycles. The molecule has 1 rings (SSSR count). The lowest BCUT2D eigenvalue weighted by atomic mass is 9.99. The number of halogens is 1. The van der Waals surface area contributed by atoms with E-state index in [9.17, 15) is 10.2 Å². The molecule has 1 aromatic rings. The lowest BCUT2D eigenvalue weighted by Gasteiger charge is -2.18. The van der Waals surface area contributed by atoms with Gasteiger partial charge in [-0.3, -0.25) is 0 Å². The van der Waals surface area contributed by atoms with E-state index in [2.05, 4.69) is 0 Å². The first-order chi connectivity index (χ1) is 7.06. The fourth-order valence-electron chi connectivity index (χ4n) is 1.43. The maximum atomic E-state index is 9.70. The van der Waals surface area contributed by atoms with Crippen molar-refractivity contribution in [1.82, 2.24) is 0 Å². The summed E-state index contributed by atoms with van der Waals surface area (Å²) in [4.78, 5) is 0. The van der Waals surface area contributed by atoms with E-state index in [0.29, 0.717) is 6.42 Å². The fraction of sp³-hybridized carbons (Fsp3) is 0.455. The molecule has 0 fully saturated rings. The zero-order valence-corrected chi connectivity index (χ0v) is 9.41. The lowest BCUT2D eigenvalue weighted by Crippen LogP contribution is -2.25. The van der Waals surface area contributed by atoms with Crippen LogP contribution in [-0.2, 0) is 0 Å². The Labute approximate surface area is 94.5 Å². The van der Waals surface area contributed by atoms with Crippen LogP contribution in [0.25, 0.3) is 0 Å². The molecule has 0 spiro atoms. The van der Waals surface area contributed by atoms with Gasteiger partial charge in [0, 0.05) is 0 Å². The van der Waals surface area contributed by atoms with Crippen molar-refractivity contribution in [3.63, 3.8) is 0 Å². The number of aromatic hydroxyl groups is 1. The standard InChI is InChI=1S/C11H16ClNO2/c1-2-3-10(15)11(13)7-4-5-9(14)8(12)6-7/h4-6,10-11,14-15H,2-3,13H2,1H3/t10-,11+/m1/s1. The number of hydrogen-bond acceptors (Lipinski definition) is 3. The third-order valence-electron chi connectivity index (χ3n) is 2.36. The van der Waals surface area contributed by atoms with Gasteiger partial charge in [0.2, 0.25) is 0 Å². The van der Waals surface area contributed by atoms with Crippen LogP contribution in [0.2, 0.25) is 5.02 Å². The molecule has 4 heteroatoms. The summed E-state index contributed by atoms with van der Waals surface area (Å²) in [5, 5.41) is 19.2. The number of hydrogen-bond donors (Lipinski definition) is 3. The van der Waals surface area contributed by atoms with Gasteiger partial charge in [0.05, 0.1) is 17.2 Å². The van der Waals surface area contributed by atoms with Crippen molar-refractivity contribution in [1.29, 1.82) is 0 Å². The molecule has 0 aliphatic rings. The van der Waals surface area contributed by atoms with Crippen molar-refractivity contribution in [3.05, 3.63) is 28.8 Å². The van der Waals surface area contributed by atoms with E-state index in [1.54, 1.807) is 12.1 Å². The van der Waals surface area contributed by atoms with Crippen molar-refractivity contribution in [2.24, 2.45) is 5.73 Å². The summed E-state index contributed by atoms with van der Waals surface area (Å²) in [6.45, 7) is 1.99. The monoisotopic (exact) mass is 229 g/mol. The van der Waals surface area contributed by atoms with Crippen LogP contribution in [0, 0.1) is 0 Å². The molecule has 0 bridgehead atoms. The summed E-state index contributed by atoms with van der Waals surface area (Å²) in [6.07, 6.45) is 0.955. The zero-order valence-electron chi connectivity index (χ0n) is 8.65. The van der Waals surface area contributed by atoms with E-state index >= 15 is 0 Å². The third kappa shape index (κ3) is 3.09. The second-order valence-electron chi connectivity index (χ2n) is 3.59.